The Bertz CT molecular complexity index is 242. The zero-order chi connectivity index (χ0) is 11.7. The number of hydrogen-bond donors (Lipinski definition) is 2. The van der Waals surface area contributed by atoms with Gasteiger partial charge in [-0.05, 0) is 25.5 Å². The summed E-state index contributed by atoms with van der Waals surface area (Å²) in [5.41, 5.74) is 0. The topological polar surface area (TPSA) is 66.4 Å². The van der Waals surface area contributed by atoms with Gasteiger partial charge in [0, 0.05) is 18.4 Å². The van der Waals surface area contributed by atoms with Crippen LogP contribution in [0.2, 0.25) is 0 Å². The Balaban J connectivity index is 3.99. The van der Waals surface area contributed by atoms with E-state index in [1.165, 1.54) is 0 Å². The molecule has 4 nitrogen and oxygen atoms in total. The molecule has 0 aliphatic heterocycles. The maximum atomic E-state index is 11.5. The van der Waals surface area contributed by atoms with E-state index in [1.807, 2.05) is 13.2 Å². The third-order valence-corrected chi connectivity index (χ3v) is 4.28. The van der Waals surface area contributed by atoms with E-state index in [0.717, 1.165) is 12.2 Å². The normalized spacial score (nSPS) is 14.1. The van der Waals surface area contributed by atoms with Crippen LogP contribution in [0.25, 0.3) is 0 Å². The van der Waals surface area contributed by atoms with Crippen LogP contribution in [0, 0.1) is 0 Å². The van der Waals surface area contributed by atoms with Gasteiger partial charge < -0.3 is 5.11 Å². The van der Waals surface area contributed by atoms with Crippen molar-refractivity contribution in [1.29, 1.82) is 0 Å². The minimum Gasteiger partial charge on any atom is -0.396 e. The van der Waals surface area contributed by atoms with E-state index in [4.69, 9.17) is 5.11 Å². The average molecular weight is 255 g/mol. The number of nitrogens with one attached hydrogen (secondary N) is 1. The van der Waals surface area contributed by atoms with Crippen LogP contribution in [0.4, 0.5) is 0 Å². The van der Waals surface area contributed by atoms with Crippen LogP contribution in [0.3, 0.4) is 0 Å². The van der Waals surface area contributed by atoms with Crippen molar-refractivity contribution in [2.24, 2.45) is 0 Å². The molecular weight excluding hydrogens is 234 g/mol. The Kier molecular flexibility index (Phi) is 8.50. The van der Waals surface area contributed by atoms with E-state index in [2.05, 4.69) is 4.72 Å². The minimum atomic E-state index is -3.16. The molecule has 0 heterocycles. The fourth-order valence-electron chi connectivity index (χ4n) is 1.15. The van der Waals surface area contributed by atoms with Crippen LogP contribution in [-0.2, 0) is 10.0 Å². The third kappa shape index (κ3) is 8.07. The maximum Gasteiger partial charge on any atom is 0.211 e. The molecule has 0 bridgehead atoms. The molecule has 0 aliphatic carbocycles. The molecule has 0 spiro atoms. The molecule has 92 valence electrons. The molecule has 0 saturated carbocycles. The van der Waals surface area contributed by atoms with Gasteiger partial charge in [-0.25, -0.2) is 13.1 Å². The van der Waals surface area contributed by atoms with Crippen molar-refractivity contribution in [3.05, 3.63) is 0 Å². The Labute approximate surface area is 96.9 Å². The molecule has 2 N–H and O–H groups in total. The fourth-order valence-corrected chi connectivity index (χ4v) is 3.44. The summed E-state index contributed by atoms with van der Waals surface area (Å²) < 4.78 is 25.8. The highest BCUT2D eigenvalue weighted by molar-refractivity contribution is 7.98. The first-order valence-corrected chi connectivity index (χ1v) is 8.20. The second-order valence-corrected chi connectivity index (χ2v) is 6.21. The van der Waals surface area contributed by atoms with Gasteiger partial charge in [0.05, 0.1) is 5.75 Å². The van der Waals surface area contributed by atoms with Gasteiger partial charge in [0.15, 0.2) is 0 Å². The van der Waals surface area contributed by atoms with Crippen molar-refractivity contribution in [2.45, 2.75) is 32.2 Å². The van der Waals surface area contributed by atoms with E-state index in [-0.39, 0.29) is 18.4 Å². The highest BCUT2D eigenvalue weighted by Gasteiger charge is 2.15. The number of thioether (sulfide) groups is 1. The number of aliphatic hydroxyl groups excluding tert-OH is 1. The standard InChI is InChI=1S/C9H21NO3S2/c1-3-9(8-14-2)10-15(12,13)7-5-4-6-11/h9-11H,3-8H2,1-2H3. The smallest absolute Gasteiger partial charge is 0.211 e. The van der Waals surface area contributed by atoms with Crippen molar-refractivity contribution in [3.8, 4) is 0 Å². The molecule has 6 heteroatoms. The molecule has 0 rings (SSSR count). The van der Waals surface area contributed by atoms with Crippen molar-refractivity contribution in [3.63, 3.8) is 0 Å². The summed E-state index contributed by atoms with van der Waals surface area (Å²) in [6.45, 7) is 2.02. The Hall–Kier alpha value is 0.220. The van der Waals surface area contributed by atoms with Gasteiger partial charge in [-0.3, -0.25) is 0 Å². The predicted molar refractivity (Wildman–Crippen MR) is 65.7 cm³/mol. The van der Waals surface area contributed by atoms with E-state index in [0.29, 0.717) is 12.8 Å². The zero-order valence-electron chi connectivity index (χ0n) is 9.40. The monoisotopic (exact) mass is 255 g/mol. The van der Waals surface area contributed by atoms with Crippen LogP contribution in [0.15, 0.2) is 0 Å². The molecule has 0 aromatic heterocycles. The molecule has 1 atom stereocenters. The lowest BCUT2D eigenvalue weighted by Gasteiger charge is -2.15. The number of sulfonamides is 1. The molecule has 15 heavy (non-hydrogen) atoms. The molecule has 1 unspecified atom stereocenters. The first-order chi connectivity index (χ1) is 7.05. The van der Waals surface area contributed by atoms with E-state index in [1.54, 1.807) is 11.8 Å². The van der Waals surface area contributed by atoms with Crippen LogP contribution >= 0.6 is 11.8 Å². The van der Waals surface area contributed by atoms with Gasteiger partial charge in [0.1, 0.15) is 0 Å². The fraction of sp³-hybridized carbons (Fsp3) is 1.00. The zero-order valence-corrected chi connectivity index (χ0v) is 11.0. The van der Waals surface area contributed by atoms with Crippen LogP contribution in [-0.4, -0.2) is 43.9 Å². The predicted octanol–water partition coefficient (Wildman–Crippen LogP) is 0.820. The molecule has 0 aromatic carbocycles. The van der Waals surface area contributed by atoms with Crippen molar-refractivity contribution >= 4 is 21.8 Å². The molecule has 0 amide bonds. The number of hydrogen-bond acceptors (Lipinski definition) is 4. The molecule has 0 saturated heterocycles. The highest BCUT2D eigenvalue weighted by Crippen LogP contribution is 2.04. The summed E-state index contributed by atoms with van der Waals surface area (Å²) in [7, 11) is -3.16. The second-order valence-electron chi connectivity index (χ2n) is 3.43. The van der Waals surface area contributed by atoms with Gasteiger partial charge in [0.25, 0.3) is 0 Å². The van der Waals surface area contributed by atoms with E-state index < -0.39 is 10.0 Å². The van der Waals surface area contributed by atoms with Gasteiger partial charge in [-0.2, -0.15) is 11.8 Å². The molecule has 0 aliphatic rings. The average Bonchev–Trinajstić information content (AvgIpc) is 2.17. The molecular formula is C9H21NO3S2. The maximum absolute atomic E-state index is 11.5. The van der Waals surface area contributed by atoms with Crippen LogP contribution < -0.4 is 4.72 Å². The second kappa shape index (κ2) is 8.38. The van der Waals surface area contributed by atoms with Gasteiger partial charge >= 0.3 is 0 Å². The molecule has 0 fully saturated rings. The van der Waals surface area contributed by atoms with Gasteiger partial charge in [-0.15, -0.1) is 0 Å². The first kappa shape index (κ1) is 15.2. The number of rotatable bonds is 9. The Morgan fingerprint density at radius 1 is 1.40 bits per heavy atom. The SMILES string of the molecule is CCC(CSC)NS(=O)(=O)CCCCO. The number of unbranched alkanes of at least 4 members (excludes halogenated alkanes) is 1. The van der Waals surface area contributed by atoms with Crippen LogP contribution in [0.1, 0.15) is 26.2 Å². The van der Waals surface area contributed by atoms with Crippen molar-refractivity contribution < 1.29 is 13.5 Å². The van der Waals surface area contributed by atoms with Crippen molar-refractivity contribution in [1.82, 2.24) is 4.72 Å². The summed E-state index contributed by atoms with van der Waals surface area (Å²) in [5, 5.41) is 8.56. The Morgan fingerprint density at radius 3 is 2.53 bits per heavy atom. The van der Waals surface area contributed by atoms with E-state index in [9.17, 15) is 8.42 Å². The minimum absolute atomic E-state index is 0.0270. The van der Waals surface area contributed by atoms with Crippen molar-refractivity contribution in [2.75, 3.05) is 24.4 Å². The summed E-state index contributed by atoms with van der Waals surface area (Å²) in [6, 6.07) is 0.0270. The lowest BCUT2D eigenvalue weighted by atomic mass is 10.3. The largest absolute Gasteiger partial charge is 0.396 e. The number of aliphatic hydroxyl groups is 1. The first-order valence-electron chi connectivity index (χ1n) is 5.15. The van der Waals surface area contributed by atoms with Gasteiger partial charge in [-0.1, -0.05) is 6.92 Å². The van der Waals surface area contributed by atoms with E-state index >= 15 is 0 Å². The highest BCUT2D eigenvalue weighted by atomic mass is 32.2. The molecule has 0 aromatic rings. The van der Waals surface area contributed by atoms with Crippen LogP contribution in [0.5, 0.6) is 0 Å². The third-order valence-electron chi connectivity index (χ3n) is 2.03. The lowest BCUT2D eigenvalue weighted by molar-refractivity contribution is 0.287. The quantitative estimate of drug-likeness (QED) is 0.599. The summed E-state index contributed by atoms with van der Waals surface area (Å²) in [4.78, 5) is 0. The molecule has 0 radical (unpaired) electrons. The summed E-state index contributed by atoms with van der Waals surface area (Å²) in [5.74, 6) is 0.911. The lowest BCUT2D eigenvalue weighted by Crippen LogP contribution is -2.37. The summed E-state index contributed by atoms with van der Waals surface area (Å²) in [6.07, 6.45) is 3.82. The summed E-state index contributed by atoms with van der Waals surface area (Å²) >= 11 is 1.64. The van der Waals surface area contributed by atoms with Gasteiger partial charge in [0.2, 0.25) is 10.0 Å². The Morgan fingerprint density at radius 2 is 2.07 bits per heavy atom.